The second-order valence-corrected chi connectivity index (χ2v) is 5.34. The van der Waals surface area contributed by atoms with Gasteiger partial charge in [-0.2, -0.15) is 0 Å². The monoisotopic (exact) mass is 278 g/mol. The molecule has 0 spiro atoms. The topological polar surface area (TPSA) is 62.0 Å². The first-order valence-electron chi connectivity index (χ1n) is 7.56. The van der Waals surface area contributed by atoms with Gasteiger partial charge < -0.3 is 10.3 Å². The number of carbonyl (C=O) groups is 1. The zero-order valence-electron chi connectivity index (χ0n) is 13.0. The van der Waals surface area contributed by atoms with Gasteiger partial charge in [0.25, 0.3) is 11.5 Å². The number of H-pyrrole nitrogens is 1. The molecule has 112 valence electrons. The maximum Gasteiger partial charge on any atom is 0.261 e. The van der Waals surface area contributed by atoms with Crippen molar-refractivity contribution in [1.29, 1.82) is 0 Å². The summed E-state index contributed by atoms with van der Waals surface area (Å²) >= 11 is 0. The number of nitrogens with one attached hydrogen (secondary N) is 2. The Morgan fingerprint density at radius 3 is 2.60 bits per heavy atom. The first-order chi connectivity index (χ1) is 9.53. The minimum Gasteiger partial charge on any atom is -0.352 e. The molecule has 1 aromatic rings. The number of aromatic amines is 1. The average molecular weight is 278 g/mol. The van der Waals surface area contributed by atoms with Gasteiger partial charge in [-0.05, 0) is 30.4 Å². The molecule has 1 heterocycles. The molecule has 0 saturated carbocycles. The zero-order valence-corrected chi connectivity index (χ0v) is 13.0. The number of pyridine rings is 1. The highest BCUT2D eigenvalue weighted by Gasteiger charge is 2.14. The van der Waals surface area contributed by atoms with Crippen LogP contribution in [0.2, 0.25) is 0 Å². The first-order valence-corrected chi connectivity index (χ1v) is 7.56. The van der Waals surface area contributed by atoms with Crippen LogP contribution in [0.4, 0.5) is 0 Å². The molecule has 1 amide bonds. The van der Waals surface area contributed by atoms with Gasteiger partial charge in [-0.1, -0.05) is 40.5 Å². The van der Waals surface area contributed by atoms with E-state index >= 15 is 0 Å². The van der Waals surface area contributed by atoms with Crippen molar-refractivity contribution < 1.29 is 4.79 Å². The van der Waals surface area contributed by atoms with E-state index in [9.17, 15) is 9.59 Å². The summed E-state index contributed by atoms with van der Waals surface area (Å²) < 4.78 is 0. The van der Waals surface area contributed by atoms with Gasteiger partial charge >= 0.3 is 0 Å². The quantitative estimate of drug-likeness (QED) is 0.805. The van der Waals surface area contributed by atoms with E-state index in [0.717, 1.165) is 36.9 Å². The summed E-state index contributed by atoms with van der Waals surface area (Å²) in [5, 5.41) is 2.83. The van der Waals surface area contributed by atoms with Crippen molar-refractivity contribution in [2.24, 2.45) is 5.92 Å². The highest BCUT2D eigenvalue weighted by molar-refractivity contribution is 5.94. The van der Waals surface area contributed by atoms with Crippen molar-refractivity contribution in [3.8, 4) is 0 Å². The molecular weight excluding hydrogens is 252 g/mol. The minimum absolute atomic E-state index is 0.227. The van der Waals surface area contributed by atoms with Crippen molar-refractivity contribution in [2.75, 3.05) is 6.54 Å². The van der Waals surface area contributed by atoms with Crippen LogP contribution in [0.5, 0.6) is 0 Å². The van der Waals surface area contributed by atoms with Crippen LogP contribution >= 0.6 is 0 Å². The van der Waals surface area contributed by atoms with Gasteiger partial charge in [0.05, 0.1) is 0 Å². The molecular formula is C16H26N2O2. The fraction of sp³-hybridized carbons (Fsp3) is 0.625. The summed E-state index contributed by atoms with van der Waals surface area (Å²) in [6, 6.07) is 1.75. The van der Waals surface area contributed by atoms with E-state index in [0.29, 0.717) is 12.5 Å². The Balaban J connectivity index is 2.95. The summed E-state index contributed by atoms with van der Waals surface area (Å²) in [5.74, 6) is 0.146. The van der Waals surface area contributed by atoms with Crippen molar-refractivity contribution >= 4 is 5.91 Å². The number of carbonyl (C=O) groups excluding carboxylic acids is 1. The molecule has 0 aromatic carbocycles. The van der Waals surface area contributed by atoms with E-state index in [-0.39, 0.29) is 17.0 Å². The summed E-state index contributed by atoms with van der Waals surface area (Å²) in [4.78, 5) is 27.0. The van der Waals surface area contributed by atoms with Gasteiger partial charge in [-0.25, -0.2) is 0 Å². The average Bonchev–Trinajstić information content (AvgIpc) is 2.45. The van der Waals surface area contributed by atoms with Crippen molar-refractivity contribution in [3.05, 3.63) is 33.2 Å². The predicted molar refractivity (Wildman–Crippen MR) is 82.2 cm³/mol. The molecule has 0 unspecified atom stereocenters. The van der Waals surface area contributed by atoms with Crippen LogP contribution in [0.3, 0.4) is 0 Å². The van der Waals surface area contributed by atoms with Crippen LogP contribution < -0.4 is 10.9 Å². The lowest BCUT2D eigenvalue weighted by atomic mass is 10.0. The summed E-state index contributed by atoms with van der Waals surface area (Å²) in [6.45, 7) is 8.87. The predicted octanol–water partition coefficient (Wildman–Crippen LogP) is 2.67. The Kier molecular flexibility index (Phi) is 6.49. The molecule has 0 bridgehead atoms. The Morgan fingerprint density at radius 1 is 1.35 bits per heavy atom. The van der Waals surface area contributed by atoms with Crippen LogP contribution in [-0.2, 0) is 12.8 Å². The molecule has 0 aliphatic carbocycles. The SMILES string of the molecule is CCCc1[nH]c(=O)c(C(=O)NC[C@@H](C)CC)cc1CC. The van der Waals surface area contributed by atoms with Gasteiger partial charge in [0, 0.05) is 12.2 Å². The Hall–Kier alpha value is -1.58. The van der Waals surface area contributed by atoms with E-state index < -0.39 is 0 Å². The third kappa shape index (κ3) is 4.22. The Morgan fingerprint density at radius 2 is 2.05 bits per heavy atom. The number of aryl methyl sites for hydroxylation is 2. The Bertz CT molecular complexity index is 506. The highest BCUT2D eigenvalue weighted by atomic mass is 16.2. The molecule has 0 aliphatic heterocycles. The standard InChI is InChI=1S/C16H26N2O2/c1-5-8-14-12(7-3)9-13(16(20)18-14)15(19)17-10-11(4)6-2/h9,11H,5-8,10H2,1-4H3,(H,17,19)(H,18,20)/t11-/m0/s1. The highest BCUT2D eigenvalue weighted by Crippen LogP contribution is 2.09. The van der Waals surface area contributed by atoms with Gasteiger partial charge in [0.1, 0.15) is 5.56 Å². The second kappa shape index (κ2) is 7.88. The molecule has 0 aliphatic rings. The lowest BCUT2D eigenvalue weighted by molar-refractivity contribution is 0.0946. The van der Waals surface area contributed by atoms with Gasteiger partial charge in [-0.3, -0.25) is 9.59 Å². The molecule has 1 atom stereocenters. The summed E-state index contributed by atoms with van der Waals surface area (Å²) in [6.07, 6.45) is 3.64. The Labute approximate surface area is 121 Å². The maximum absolute atomic E-state index is 12.1. The number of aromatic nitrogens is 1. The van der Waals surface area contributed by atoms with Gasteiger partial charge in [0.15, 0.2) is 0 Å². The van der Waals surface area contributed by atoms with Crippen LogP contribution in [0.1, 0.15) is 62.2 Å². The van der Waals surface area contributed by atoms with Crippen LogP contribution in [-0.4, -0.2) is 17.4 Å². The summed E-state index contributed by atoms with van der Waals surface area (Å²) in [5.41, 5.74) is 1.95. The van der Waals surface area contributed by atoms with E-state index in [1.807, 2.05) is 6.92 Å². The fourth-order valence-corrected chi connectivity index (χ4v) is 2.08. The normalized spacial score (nSPS) is 12.2. The van der Waals surface area contributed by atoms with Crippen LogP contribution in [0.25, 0.3) is 0 Å². The summed E-state index contributed by atoms with van der Waals surface area (Å²) in [7, 11) is 0. The number of hydrogen-bond donors (Lipinski definition) is 2. The van der Waals surface area contributed by atoms with E-state index in [2.05, 4.69) is 31.1 Å². The molecule has 4 heteroatoms. The van der Waals surface area contributed by atoms with E-state index in [1.54, 1.807) is 6.07 Å². The number of amides is 1. The lowest BCUT2D eigenvalue weighted by Crippen LogP contribution is -2.33. The van der Waals surface area contributed by atoms with E-state index in [1.165, 1.54) is 0 Å². The van der Waals surface area contributed by atoms with Crippen molar-refractivity contribution in [3.63, 3.8) is 0 Å². The molecule has 0 fully saturated rings. The molecule has 2 N–H and O–H groups in total. The van der Waals surface area contributed by atoms with Gasteiger partial charge in [-0.15, -0.1) is 0 Å². The second-order valence-electron chi connectivity index (χ2n) is 5.34. The third-order valence-corrected chi connectivity index (χ3v) is 3.65. The number of hydrogen-bond acceptors (Lipinski definition) is 2. The first kappa shape index (κ1) is 16.5. The largest absolute Gasteiger partial charge is 0.352 e. The fourth-order valence-electron chi connectivity index (χ4n) is 2.08. The maximum atomic E-state index is 12.1. The van der Waals surface area contributed by atoms with Crippen LogP contribution in [0.15, 0.2) is 10.9 Å². The molecule has 4 nitrogen and oxygen atoms in total. The molecule has 0 radical (unpaired) electrons. The van der Waals surface area contributed by atoms with Crippen molar-refractivity contribution in [2.45, 2.75) is 53.4 Å². The molecule has 1 rings (SSSR count). The number of rotatable bonds is 7. The van der Waals surface area contributed by atoms with Crippen molar-refractivity contribution in [1.82, 2.24) is 10.3 Å². The molecule has 20 heavy (non-hydrogen) atoms. The van der Waals surface area contributed by atoms with E-state index in [4.69, 9.17) is 0 Å². The zero-order chi connectivity index (χ0) is 15.1. The molecule has 0 saturated heterocycles. The smallest absolute Gasteiger partial charge is 0.261 e. The minimum atomic E-state index is -0.285. The van der Waals surface area contributed by atoms with Crippen LogP contribution in [0, 0.1) is 5.92 Å². The molecule has 1 aromatic heterocycles. The third-order valence-electron chi connectivity index (χ3n) is 3.65. The van der Waals surface area contributed by atoms with Gasteiger partial charge in [0.2, 0.25) is 0 Å². The lowest BCUT2D eigenvalue weighted by Gasteiger charge is -2.12.